The summed E-state index contributed by atoms with van der Waals surface area (Å²) in [6.07, 6.45) is 1.45. The van der Waals surface area contributed by atoms with E-state index in [1.54, 1.807) is 30.3 Å². The highest BCUT2D eigenvalue weighted by Crippen LogP contribution is 2.24. The van der Waals surface area contributed by atoms with Crippen molar-refractivity contribution in [1.82, 2.24) is 4.90 Å². The molecule has 1 aromatic carbocycles. The molecule has 0 atom stereocenters. The quantitative estimate of drug-likeness (QED) is 0.692. The van der Waals surface area contributed by atoms with E-state index in [1.807, 2.05) is 6.92 Å². The molecule has 1 heterocycles. The summed E-state index contributed by atoms with van der Waals surface area (Å²) in [5.74, 6) is -0.311. The first-order valence-electron chi connectivity index (χ1n) is 8.19. The maximum Gasteiger partial charge on any atom is 0.255 e. The summed E-state index contributed by atoms with van der Waals surface area (Å²) in [4.78, 5) is 13.1. The van der Waals surface area contributed by atoms with Gasteiger partial charge >= 0.3 is 0 Å². The van der Waals surface area contributed by atoms with E-state index in [4.69, 9.17) is 0 Å². The summed E-state index contributed by atoms with van der Waals surface area (Å²) in [6.45, 7) is 1.98. The van der Waals surface area contributed by atoms with Gasteiger partial charge in [0.05, 0.1) is 18.0 Å². The van der Waals surface area contributed by atoms with E-state index in [9.17, 15) is 22.0 Å². The van der Waals surface area contributed by atoms with Crippen molar-refractivity contribution in [2.45, 2.75) is 26.2 Å². The maximum absolute atomic E-state index is 12.5. The lowest BCUT2D eigenvalue weighted by Crippen LogP contribution is -2.34. The molecule has 0 bridgehead atoms. The number of rotatable bonds is 7. The van der Waals surface area contributed by atoms with Crippen LogP contribution in [-0.4, -0.2) is 51.0 Å². The molecule has 138 valence electrons. The molecule has 0 aliphatic carbocycles. The predicted molar refractivity (Wildman–Crippen MR) is 94.1 cm³/mol. The number of sulfonamides is 1. The molecular formula is C17H22F2N2O3S. The van der Waals surface area contributed by atoms with Crippen LogP contribution in [0.1, 0.15) is 25.3 Å². The zero-order valence-electron chi connectivity index (χ0n) is 14.1. The number of carbonyl (C=O) groups excluding carboxylic acids is 1. The van der Waals surface area contributed by atoms with Gasteiger partial charge in [0.15, 0.2) is 0 Å². The summed E-state index contributed by atoms with van der Waals surface area (Å²) < 4.78 is 50.2. The number of nitrogens with zero attached hydrogens (tertiary/aromatic N) is 2. The van der Waals surface area contributed by atoms with Crippen molar-refractivity contribution in [3.8, 4) is 0 Å². The topological polar surface area (TPSA) is 57.7 Å². The first kappa shape index (κ1) is 19.4. The summed E-state index contributed by atoms with van der Waals surface area (Å²) >= 11 is 0. The van der Waals surface area contributed by atoms with Gasteiger partial charge in [0.2, 0.25) is 15.9 Å². The van der Waals surface area contributed by atoms with Crippen LogP contribution in [0.2, 0.25) is 0 Å². The largest absolute Gasteiger partial charge is 0.333 e. The minimum Gasteiger partial charge on any atom is -0.333 e. The number of benzene rings is 1. The molecule has 1 amide bonds. The molecule has 8 heteroatoms. The SMILES string of the molecule is CCCN(CC(F)F)C(=O)/C=C/c1ccc(N2CCCS2(=O)=O)cc1. The highest BCUT2D eigenvalue weighted by Gasteiger charge is 2.28. The Morgan fingerprint density at radius 1 is 1.32 bits per heavy atom. The van der Waals surface area contributed by atoms with E-state index in [1.165, 1.54) is 10.4 Å². The van der Waals surface area contributed by atoms with E-state index in [0.29, 0.717) is 30.6 Å². The number of halogens is 2. The lowest BCUT2D eigenvalue weighted by atomic mass is 10.2. The molecule has 0 N–H and O–H groups in total. The Hall–Kier alpha value is -1.96. The average molecular weight is 372 g/mol. The van der Waals surface area contributed by atoms with E-state index in [2.05, 4.69) is 0 Å². The van der Waals surface area contributed by atoms with Crippen molar-refractivity contribution in [1.29, 1.82) is 0 Å². The fraction of sp³-hybridized carbons (Fsp3) is 0.471. The highest BCUT2D eigenvalue weighted by molar-refractivity contribution is 7.93. The second-order valence-corrected chi connectivity index (χ2v) is 7.85. The van der Waals surface area contributed by atoms with E-state index in [0.717, 1.165) is 4.90 Å². The Morgan fingerprint density at radius 3 is 2.52 bits per heavy atom. The van der Waals surface area contributed by atoms with Gasteiger partial charge in [0.25, 0.3) is 6.43 Å². The number of alkyl halides is 2. The number of hydrogen-bond acceptors (Lipinski definition) is 3. The maximum atomic E-state index is 12.5. The van der Waals surface area contributed by atoms with Crippen LogP contribution in [0.5, 0.6) is 0 Å². The van der Waals surface area contributed by atoms with Crippen LogP contribution in [0.25, 0.3) is 6.08 Å². The molecule has 25 heavy (non-hydrogen) atoms. The minimum atomic E-state index is -3.22. The van der Waals surface area contributed by atoms with E-state index in [-0.39, 0.29) is 12.3 Å². The number of amides is 1. The van der Waals surface area contributed by atoms with Gasteiger partial charge in [-0.25, -0.2) is 17.2 Å². The third-order valence-electron chi connectivity index (χ3n) is 3.86. The van der Waals surface area contributed by atoms with Crippen molar-refractivity contribution in [3.05, 3.63) is 35.9 Å². The van der Waals surface area contributed by atoms with Crippen LogP contribution < -0.4 is 4.31 Å². The zero-order chi connectivity index (χ0) is 18.4. The lowest BCUT2D eigenvalue weighted by Gasteiger charge is -2.19. The van der Waals surface area contributed by atoms with Crippen molar-refractivity contribution in [2.24, 2.45) is 0 Å². The summed E-state index contributed by atoms with van der Waals surface area (Å²) in [6, 6.07) is 6.75. The van der Waals surface area contributed by atoms with Crippen LogP contribution in [0.3, 0.4) is 0 Å². The van der Waals surface area contributed by atoms with Crippen molar-refractivity contribution in [3.63, 3.8) is 0 Å². The third kappa shape index (κ3) is 5.26. The Labute approximate surface area is 147 Å². The summed E-state index contributed by atoms with van der Waals surface area (Å²) in [5, 5.41) is 0. The molecule has 0 aromatic heterocycles. The van der Waals surface area contributed by atoms with Gasteiger partial charge in [0, 0.05) is 19.2 Å². The van der Waals surface area contributed by atoms with Gasteiger partial charge in [-0.15, -0.1) is 0 Å². The molecular weight excluding hydrogens is 350 g/mol. The normalized spacial score (nSPS) is 16.7. The van der Waals surface area contributed by atoms with Gasteiger partial charge in [-0.2, -0.15) is 0 Å². The molecule has 0 unspecified atom stereocenters. The molecule has 0 radical (unpaired) electrons. The summed E-state index contributed by atoms with van der Waals surface area (Å²) in [5.41, 5.74) is 1.29. The molecule has 0 saturated carbocycles. The minimum absolute atomic E-state index is 0.153. The fourth-order valence-corrected chi connectivity index (χ4v) is 4.25. The Balaban J connectivity index is 2.04. The smallest absolute Gasteiger partial charge is 0.255 e. The van der Waals surface area contributed by atoms with Gasteiger partial charge in [0.1, 0.15) is 0 Å². The number of carbonyl (C=O) groups is 1. The van der Waals surface area contributed by atoms with Crippen molar-refractivity contribution < 1.29 is 22.0 Å². The molecule has 2 rings (SSSR count). The summed E-state index contributed by atoms with van der Waals surface area (Å²) in [7, 11) is -3.22. The molecule has 5 nitrogen and oxygen atoms in total. The molecule has 1 fully saturated rings. The fourth-order valence-electron chi connectivity index (χ4n) is 2.68. The second-order valence-electron chi connectivity index (χ2n) is 5.84. The van der Waals surface area contributed by atoms with E-state index < -0.39 is 28.9 Å². The van der Waals surface area contributed by atoms with E-state index >= 15 is 0 Å². The van der Waals surface area contributed by atoms with Crippen LogP contribution in [0.4, 0.5) is 14.5 Å². The lowest BCUT2D eigenvalue weighted by molar-refractivity contribution is -0.127. The standard InChI is InChI=1S/C17H22F2N2O3S/c1-2-10-20(13-16(18)19)17(22)9-6-14-4-7-15(8-5-14)21-11-3-12-25(21,23)24/h4-9,16H,2-3,10-13H2,1H3/b9-6+. The van der Waals surface area contributed by atoms with Crippen LogP contribution in [-0.2, 0) is 14.8 Å². The van der Waals surface area contributed by atoms with Gasteiger partial charge in [-0.3, -0.25) is 9.10 Å². The average Bonchev–Trinajstić information content (AvgIpc) is 2.91. The first-order chi connectivity index (χ1) is 11.8. The van der Waals surface area contributed by atoms with Crippen molar-refractivity contribution in [2.75, 3.05) is 29.7 Å². The molecule has 1 aromatic rings. The number of hydrogen-bond donors (Lipinski definition) is 0. The first-order valence-corrected chi connectivity index (χ1v) is 9.80. The highest BCUT2D eigenvalue weighted by atomic mass is 32.2. The third-order valence-corrected chi connectivity index (χ3v) is 5.73. The molecule has 1 saturated heterocycles. The molecule has 0 spiro atoms. The van der Waals surface area contributed by atoms with Gasteiger partial charge in [-0.05, 0) is 36.6 Å². The van der Waals surface area contributed by atoms with Gasteiger partial charge < -0.3 is 4.90 Å². The van der Waals surface area contributed by atoms with Crippen molar-refractivity contribution >= 4 is 27.7 Å². The van der Waals surface area contributed by atoms with Crippen LogP contribution in [0.15, 0.2) is 30.3 Å². The molecule has 1 aliphatic heterocycles. The van der Waals surface area contributed by atoms with Gasteiger partial charge in [-0.1, -0.05) is 19.1 Å². The predicted octanol–water partition coefficient (Wildman–Crippen LogP) is 2.74. The Bertz CT molecular complexity index is 718. The number of anilines is 1. The Kier molecular flexibility index (Phi) is 6.52. The van der Waals surface area contributed by atoms with Crippen LogP contribution in [0, 0.1) is 0 Å². The Morgan fingerprint density at radius 2 is 2.00 bits per heavy atom. The second kappa shape index (κ2) is 8.42. The zero-order valence-corrected chi connectivity index (χ0v) is 14.9. The molecule has 1 aliphatic rings. The van der Waals surface area contributed by atoms with Crippen LogP contribution >= 0.6 is 0 Å². The monoisotopic (exact) mass is 372 g/mol.